The molecule has 0 heterocycles. The predicted molar refractivity (Wildman–Crippen MR) is 59.6 cm³/mol. The summed E-state index contributed by atoms with van der Waals surface area (Å²) in [6.45, 7) is 7.49. The minimum Gasteiger partial charge on any atom is -0.444 e. The molecule has 3 N–H and O–H groups in total. The zero-order chi connectivity index (χ0) is 11.7. The highest BCUT2D eigenvalue weighted by atomic mass is 16.6. The molecule has 0 radical (unpaired) electrons. The van der Waals surface area contributed by atoms with Gasteiger partial charge in [-0.15, -0.1) is 0 Å². The van der Waals surface area contributed by atoms with E-state index in [2.05, 4.69) is 5.32 Å². The third-order valence-electron chi connectivity index (χ3n) is 2.87. The van der Waals surface area contributed by atoms with Crippen molar-refractivity contribution in [3.63, 3.8) is 0 Å². The molecule has 0 aromatic heterocycles. The van der Waals surface area contributed by atoms with Crippen LogP contribution in [0.1, 0.15) is 47.0 Å². The van der Waals surface area contributed by atoms with Gasteiger partial charge in [0, 0.05) is 6.04 Å². The van der Waals surface area contributed by atoms with Crippen molar-refractivity contribution in [3.8, 4) is 0 Å². The number of ether oxygens (including phenoxy) is 1. The van der Waals surface area contributed by atoms with Gasteiger partial charge in [-0.25, -0.2) is 4.79 Å². The van der Waals surface area contributed by atoms with E-state index in [1.54, 1.807) is 0 Å². The Morgan fingerprint density at radius 1 is 1.47 bits per heavy atom. The van der Waals surface area contributed by atoms with Gasteiger partial charge in [0.15, 0.2) is 0 Å². The molecule has 1 fully saturated rings. The SMILES string of the molecule is CC(N)C1(NC(=O)OC(C)(C)C)CCC1. The topological polar surface area (TPSA) is 64.3 Å². The molecule has 1 saturated carbocycles. The van der Waals surface area contributed by atoms with Crippen LogP contribution in [0.3, 0.4) is 0 Å². The number of hydrogen-bond donors (Lipinski definition) is 2. The van der Waals surface area contributed by atoms with Gasteiger partial charge in [0.25, 0.3) is 0 Å². The van der Waals surface area contributed by atoms with Crippen molar-refractivity contribution >= 4 is 6.09 Å². The molecule has 1 aliphatic carbocycles. The lowest BCUT2D eigenvalue weighted by atomic mass is 9.72. The van der Waals surface area contributed by atoms with Crippen molar-refractivity contribution in [2.24, 2.45) is 5.73 Å². The first-order valence-electron chi connectivity index (χ1n) is 5.52. The maximum absolute atomic E-state index is 11.6. The van der Waals surface area contributed by atoms with Crippen LogP contribution < -0.4 is 11.1 Å². The molecule has 0 saturated heterocycles. The number of alkyl carbamates (subject to hydrolysis) is 1. The van der Waals surface area contributed by atoms with Crippen molar-refractivity contribution in [2.75, 3.05) is 0 Å². The Labute approximate surface area is 91.5 Å². The molecule has 4 nitrogen and oxygen atoms in total. The van der Waals surface area contributed by atoms with Gasteiger partial charge in [-0.2, -0.15) is 0 Å². The van der Waals surface area contributed by atoms with Crippen LogP contribution in [0.25, 0.3) is 0 Å². The zero-order valence-electron chi connectivity index (χ0n) is 10.1. The predicted octanol–water partition coefficient (Wildman–Crippen LogP) is 1.78. The van der Waals surface area contributed by atoms with Gasteiger partial charge < -0.3 is 15.8 Å². The first-order chi connectivity index (χ1) is 6.75. The van der Waals surface area contributed by atoms with Crippen molar-refractivity contribution in [3.05, 3.63) is 0 Å². The minimum absolute atomic E-state index is 0.0289. The van der Waals surface area contributed by atoms with E-state index >= 15 is 0 Å². The summed E-state index contributed by atoms with van der Waals surface area (Å²) < 4.78 is 5.21. The van der Waals surface area contributed by atoms with Crippen molar-refractivity contribution < 1.29 is 9.53 Å². The summed E-state index contributed by atoms with van der Waals surface area (Å²) in [6.07, 6.45) is 2.66. The Morgan fingerprint density at radius 3 is 2.27 bits per heavy atom. The summed E-state index contributed by atoms with van der Waals surface area (Å²) in [4.78, 5) is 11.6. The van der Waals surface area contributed by atoms with E-state index in [0.717, 1.165) is 19.3 Å². The first-order valence-corrected chi connectivity index (χ1v) is 5.52. The fourth-order valence-electron chi connectivity index (χ4n) is 1.76. The normalized spacial score (nSPS) is 21.4. The summed E-state index contributed by atoms with van der Waals surface area (Å²) in [7, 11) is 0. The highest BCUT2D eigenvalue weighted by Gasteiger charge is 2.42. The summed E-state index contributed by atoms with van der Waals surface area (Å²) in [5, 5.41) is 2.90. The molecule has 0 bridgehead atoms. The van der Waals surface area contributed by atoms with Gasteiger partial charge >= 0.3 is 6.09 Å². The molecule has 1 unspecified atom stereocenters. The van der Waals surface area contributed by atoms with E-state index in [-0.39, 0.29) is 17.7 Å². The number of amides is 1. The standard InChI is InChI=1S/C11H22N2O2/c1-8(12)11(6-5-7-11)13-9(14)15-10(2,3)4/h8H,5-7,12H2,1-4H3,(H,13,14). The molecule has 1 atom stereocenters. The van der Waals surface area contributed by atoms with Crippen LogP contribution in [0.2, 0.25) is 0 Å². The third-order valence-corrected chi connectivity index (χ3v) is 2.87. The largest absolute Gasteiger partial charge is 0.444 e. The number of nitrogens with two attached hydrogens (primary N) is 1. The van der Waals surface area contributed by atoms with E-state index < -0.39 is 5.60 Å². The number of rotatable bonds is 2. The summed E-state index contributed by atoms with van der Waals surface area (Å²) >= 11 is 0. The molecule has 1 amide bonds. The summed E-state index contributed by atoms with van der Waals surface area (Å²) in [5.74, 6) is 0. The molecule has 0 spiro atoms. The molecule has 4 heteroatoms. The van der Waals surface area contributed by atoms with Crippen LogP contribution in [0.15, 0.2) is 0 Å². The molecule has 0 aromatic carbocycles. The number of carbonyl (C=O) groups is 1. The van der Waals surface area contributed by atoms with Crippen LogP contribution in [0.4, 0.5) is 4.79 Å². The molecule has 0 aromatic rings. The Kier molecular flexibility index (Phi) is 3.28. The second-order valence-electron chi connectivity index (χ2n) is 5.43. The second-order valence-corrected chi connectivity index (χ2v) is 5.43. The third kappa shape index (κ3) is 3.09. The van der Waals surface area contributed by atoms with Gasteiger partial charge in [0.2, 0.25) is 0 Å². The van der Waals surface area contributed by atoms with E-state index in [1.807, 2.05) is 27.7 Å². The Hall–Kier alpha value is -0.770. The van der Waals surface area contributed by atoms with Crippen molar-refractivity contribution in [1.29, 1.82) is 0 Å². The number of hydrogen-bond acceptors (Lipinski definition) is 3. The summed E-state index contributed by atoms with van der Waals surface area (Å²) in [6, 6.07) is -0.0289. The van der Waals surface area contributed by atoms with E-state index in [9.17, 15) is 4.79 Å². The van der Waals surface area contributed by atoms with Gasteiger partial charge in [0.05, 0.1) is 5.54 Å². The average molecular weight is 214 g/mol. The van der Waals surface area contributed by atoms with Gasteiger partial charge in [-0.1, -0.05) is 0 Å². The van der Waals surface area contributed by atoms with E-state index in [1.165, 1.54) is 0 Å². The maximum Gasteiger partial charge on any atom is 0.408 e. The Morgan fingerprint density at radius 2 is 2.00 bits per heavy atom. The number of carbonyl (C=O) groups excluding carboxylic acids is 1. The van der Waals surface area contributed by atoms with Gasteiger partial charge in [-0.3, -0.25) is 0 Å². The van der Waals surface area contributed by atoms with Gasteiger partial charge in [0.1, 0.15) is 5.60 Å². The fourth-order valence-corrected chi connectivity index (χ4v) is 1.76. The summed E-state index contributed by atoms with van der Waals surface area (Å²) in [5.41, 5.74) is 5.19. The van der Waals surface area contributed by atoms with Crippen LogP contribution in [-0.4, -0.2) is 23.3 Å². The quantitative estimate of drug-likeness (QED) is 0.736. The molecule has 15 heavy (non-hydrogen) atoms. The van der Waals surface area contributed by atoms with Gasteiger partial charge in [-0.05, 0) is 47.0 Å². The minimum atomic E-state index is -0.452. The smallest absolute Gasteiger partial charge is 0.408 e. The molecular formula is C11H22N2O2. The molecule has 1 rings (SSSR count). The Bertz CT molecular complexity index is 239. The van der Waals surface area contributed by atoms with Crippen LogP contribution in [0.5, 0.6) is 0 Å². The van der Waals surface area contributed by atoms with Crippen LogP contribution >= 0.6 is 0 Å². The highest BCUT2D eigenvalue weighted by molar-refractivity contribution is 5.69. The lowest BCUT2D eigenvalue weighted by Gasteiger charge is -2.45. The average Bonchev–Trinajstić information content (AvgIpc) is 1.92. The first kappa shape index (κ1) is 12.3. The molecular weight excluding hydrogens is 192 g/mol. The molecule has 1 aliphatic rings. The second kappa shape index (κ2) is 4.00. The van der Waals surface area contributed by atoms with E-state index in [0.29, 0.717) is 0 Å². The maximum atomic E-state index is 11.6. The van der Waals surface area contributed by atoms with Crippen molar-refractivity contribution in [1.82, 2.24) is 5.32 Å². The molecule has 0 aliphatic heterocycles. The van der Waals surface area contributed by atoms with Crippen LogP contribution in [0, 0.1) is 0 Å². The monoisotopic (exact) mass is 214 g/mol. The number of nitrogens with one attached hydrogen (secondary N) is 1. The Balaban J connectivity index is 2.50. The fraction of sp³-hybridized carbons (Fsp3) is 0.909. The highest BCUT2D eigenvalue weighted by Crippen LogP contribution is 2.34. The lowest BCUT2D eigenvalue weighted by molar-refractivity contribution is 0.0351. The zero-order valence-corrected chi connectivity index (χ0v) is 10.1. The van der Waals surface area contributed by atoms with E-state index in [4.69, 9.17) is 10.5 Å². The van der Waals surface area contributed by atoms with Crippen molar-refractivity contribution in [2.45, 2.75) is 64.1 Å². The molecule has 88 valence electrons. The lowest BCUT2D eigenvalue weighted by Crippen LogP contribution is -2.63. The van der Waals surface area contributed by atoms with Crippen LogP contribution in [-0.2, 0) is 4.74 Å².